The molecule has 1 unspecified atom stereocenters. The van der Waals surface area contributed by atoms with Crippen molar-refractivity contribution in [3.63, 3.8) is 0 Å². The molecule has 2 rings (SSSR count). The van der Waals surface area contributed by atoms with E-state index in [1.165, 1.54) is 0 Å². The van der Waals surface area contributed by atoms with Crippen molar-refractivity contribution in [3.05, 3.63) is 47.3 Å². The fraction of sp³-hybridized carbons (Fsp3) is 0.357. The maximum Gasteiger partial charge on any atom is 0.0597 e. The highest BCUT2D eigenvalue weighted by Gasteiger charge is 2.08. The lowest BCUT2D eigenvalue weighted by molar-refractivity contribution is 0.713. The van der Waals surface area contributed by atoms with Crippen molar-refractivity contribution in [1.29, 1.82) is 0 Å². The van der Waals surface area contributed by atoms with Crippen molar-refractivity contribution in [1.82, 2.24) is 9.78 Å². The number of nitrogens with zero attached hydrogens (tertiary/aromatic N) is 2. The standard InChI is InChI=1S/C14H18ClN3/c1-10-8-12(18(3)17-10)9-16-14-7-5-4-6-13(14)11(2)15/h4-8,11,16H,9H2,1-3H3. The summed E-state index contributed by atoms with van der Waals surface area (Å²) in [5, 5.41) is 7.75. The number of hydrogen-bond acceptors (Lipinski definition) is 2. The van der Waals surface area contributed by atoms with E-state index in [1.54, 1.807) is 0 Å². The molecule has 0 saturated heterocycles. The number of nitrogens with one attached hydrogen (secondary N) is 1. The molecule has 0 amide bonds. The van der Waals surface area contributed by atoms with Crippen LogP contribution in [0.5, 0.6) is 0 Å². The van der Waals surface area contributed by atoms with Crippen molar-refractivity contribution in [2.75, 3.05) is 5.32 Å². The lowest BCUT2D eigenvalue weighted by Gasteiger charge is -2.13. The number of aromatic nitrogens is 2. The van der Waals surface area contributed by atoms with Crippen molar-refractivity contribution in [2.24, 2.45) is 7.05 Å². The fourth-order valence-corrected chi connectivity index (χ4v) is 2.21. The summed E-state index contributed by atoms with van der Waals surface area (Å²) in [5.74, 6) is 0. The number of benzene rings is 1. The number of halogens is 1. The predicted octanol–water partition coefficient (Wildman–Crippen LogP) is 3.64. The Balaban J connectivity index is 2.13. The molecule has 0 spiro atoms. The fourth-order valence-electron chi connectivity index (χ4n) is 2.02. The molecule has 0 fully saturated rings. The van der Waals surface area contributed by atoms with Crippen LogP contribution in [0.2, 0.25) is 0 Å². The first kappa shape index (κ1) is 13.0. The van der Waals surface area contributed by atoms with Gasteiger partial charge < -0.3 is 5.32 Å². The van der Waals surface area contributed by atoms with Gasteiger partial charge in [0, 0.05) is 12.7 Å². The molecule has 1 atom stereocenters. The van der Waals surface area contributed by atoms with E-state index in [0.29, 0.717) is 0 Å². The van der Waals surface area contributed by atoms with Gasteiger partial charge in [-0.2, -0.15) is 5.10 Å². The zero-order chi connectivity index (χ0) is 13.1. The number of alkyl halides is 1. The molecule has 0 bridgehead atoms. The molecule has 96 valence electrons. The second kappa shape index (κ2) is 5.44. The van der Waals surface area contributed by atoms with Gasteiger partial charge in [0.2, 0.25) is 0 Å². The number of anilines is 1. The molecule has 0 saturated carbocycles. The van der Waals surface area contributed by atoms with Crippen LogP contribution in [0.4, 0.5) is 5.69 Å². The molecule has 0 aliphatic heterocycles. The smallest absolute Gasteiger partial charge is 0.0597 e. The van der Waals surface area contributed by atoms with Gasteiger partial charge >= 0.3 is 0 Å². The highest BCUT2D eigenvalue weighted by Crippen LogP contribution is 2.27. The molecule has 0 radical (unpaired) electrons. The van der Waals surface area contributed by atoms with E-state index < -0.39 is 0 Å². The van der Waals surface area contributed by atoms with Crippen LogP contribution < -0.4 is 5.32 Å². The van der Waals surface area contributed by atoms with Crippen LogP contribution in [-0.2, 0) is 13.6 Å². The van der Waals surface area contributed by atoms with E-state index in [0.717, 1.165) is 29.2 Å². The number of aryl methyl sites for hydroxylation is 2. The second-order valence-corrected chi connectivity index (χ2v) is 5.11. The molecule has 1 heterocycles. The SMILES string of the molecule is Cc1cc(CNc2ccccc2C(C)Cl)n(C)n1. The summed E-state index contributed by atoms with van der Waals surface area (Å²) in [7, 11) is 1.96. The Bertz CT molecular complexity index is 532. The third-order valence-corrected chi connectivity index (χ3v) is 3.18. The van der Waals surface area contributed by atoms with Crippen molar-refractivity contribution in [2.45, 2.75) is 25.8 Å². The van der Waals surface area contributed by atoms with E-state index >= 15 is 0 Å². The highest BCUT2D eigenvalue weighted by molar-refractivity contribution is 6.21. The minimum Gasteiger partial charge on any atom is -0.379 e. The lowest BCUT2D eigenvalue weighted by Crippen LogP contribution is -2.07. The van der Waals surface area contributed by atoms with Crippen molar-refractivity contribution >= 4 is 17.3 Å². The number of para-hydroxylation sites is 1. The Morgan fingerprint density at radius 2 is 2.11 bits per heavy atom. The third-order valence-electron chi connectivity index (χ3n) is 2.95. The summed E-state index contributed by atoms with van der Waals surface area (Å²) in [4.78, 5) is 0. The lowest BCUT2D eigenvalue weighted by atomic mass is 10.1. The quantitative estimate of drug-likeness (QED) is 0.854. The van der Waals surface area contributed by atoms with E-state index in [9.17, 15) is 0 Å². The normalized spacial score (nSPS) is 12.4. The molecular weight excluding hydrogens is 246 g/mol. The van der Waals surface area contributed by atoms with Crippen LogP contribution in [0.15, 0.2) is 30.3 Å². The molecule has 3 nitrogen and oxygen atoms in total. The molecule has 2 aromatic rings. The minimum absolute atomic E-state index is 0.00183. The average molecular weight is 264 g/mol. The zero-order valence-corrected chi connectivity index (χ0v) is 11.7. The molecule has 4 heteroatoms. The van der Waals surface area contributed by atoms with Gasteiger partial charge in [-0.3, -0.25) is 4.68 Å². The van der Waals surface area contributed by atoms with Crippen LogP contribution in [-0.4, -0.2) is 9.78 Å². The summed E-state index contributed by atoms with van der Waals surface area (Å²) in [6.45, 7) is 4.73. The van der Waals surface area contributed by atoms with Gasteiger partial charge in [-0.1, -0.05) is 18.2 Å². The monoisotopic (exact) mass is 263 g/mol. The Kier molecular flexibility index (Phi) is 3.92. The Morgan fingerprint density at radius 1 is 1.39 bits per heavy atom. The minimum atomic E-state index is 0.00183. The van der Waals surface area contributed by atoms with Crippen LogP contribution in [0.25, 0.3) is 0 Å². The van der Waals surface area contributed by atoms with Gasteiger partial charge in [0.15, 0.2) is 0 Å². The van der Waals surface area contributed by atoms with Crippen molar-refractivity contribution < 1.29 is 0 Å². The topological polar surface area (TPSA) is 29.9 Å². The van der Waals surface area contributed by atoms with Crippen LogP contribution in [0, 0.1) is 6.92 Å². The van der Waals surface area contributed by atoms with Gasteiger partial charge in [-0.15, -0.1) is 11.6 Å². The zero-order valence-electron chi connectivity index (χ0n) is 10.9. The van der Waals surface area contributed by atoms with Gasteiger partial charge in [0.25, 0.3) is 0 Å². The molecule has 1 N–H and O–H groups in total. The number of rotatable bonds is 4. The third kappa shape index (κ3) is 2.85. The first-order valence-corrected chi connectivity index (χ1v) is 6.48. The van der Waals surface area contributed by atoms with Crippen LogP contribution in [0.3, 0.4) is 0 Å². The molecular formula is C14H18ClN3. The maximum absolute atomic E-state index is 6.17. The molecule has 0 aliphatic rings. The molecule has 1 aromatic carbocycles. The predicted molar refractivity (Wildman–Crippen MR) is 76.0 cm³/mol. The Hall–Kier alpha value is -1.48. The van der Waals surface area contributed by atoms with E-state index in [4.69, 9.17) is 11.6 Å². The summed E-state index contributed by atoms with van der Waals surface area (Å²) >= 11 is 6.17. The molecule has 18 heavy (non-hydrogen) atoms. The van der Waals surface area contributed by atoms with Crippen LogP contribution >= 0.6 is 11.6 Å². The maximum atomic E-state index is 6.17. The highest BCUT2D eigenvalue weighted by atomic mass is 35.5. The van der Waals surface area contributed by atoms with Crippen LogP contribution in [0.1, 0.15) is 29.3 Å². The van der Waals surface area contributed by atoms with E-state index in [2.05, 4.69) is 28.6 Å². The largest absolute Gasteiger partial charge is 0.379 e. The Labute approximate surface area is 113 Å². The first-order valence-electron chi connectivity index (χ1n) is 6.04. The Morgan fingerprint density at radius 3 is 2.72 bits per heavy atom. The van der Waals surface area contributed by atoms with E-state index in [1.807, 2.05) is 37.7 Å². The van der Waals surface area contributed by atoms with Gasteiger partial charge in [-0.25, -0.2) is 0 Å². The second-order valence-electron chi connectivity index (χ2n) is 4.46. The summed E-state index contributed by atoms with van der Waals surface area (Å²) in [6.07, 6.45) is 0. The summed E-state index contributed by atoms with van der Waals surface area (Å²) in [6, 6.07) is 10.2. The summed E-state index contributed by atoms with van der Waals surface area (Å²) in [5.41, 5.74) is 4.40. The molecule has 0 aliphatic carbocycles. The summed E-state index contributed by atoms with van der Waals surface area (Å²) < 4.78 is 1.90. The van der Waals surface area contributed by atoms with Gasteiger partial charge in [-0.05, 0) is 31.5 Å². The first-order chi connectivity index (χ1) is 8.58. The van der Waals surface area contributed by atoms with Gasteiger partial charge in [0.1, 0.15) is 0 Å². The van der Waals surface area contributed by atoms with E-state index in [-0.39, 0.29) is 5.38 Å². The average Bonchev–Trinajstić information content (AvgIpc) is 2.65. The van der Waals surface area contributed by atoms with Gasteiger partial charge in [0.05, 0.1) is 23.3 Å². The number of hydrogen-bond donors (Lipinski definition) is 1. The van der Waals surface area contributed by atoms with Crippen molar-refractivity contribution in [3.8, 4) is 0 Å². The molecule has 1 aromatic heterocycles.